The highest BCUT2D eigenvalue weighted by molar-refractivity contribution is 9.10. The third kappa shape index (κ3) is 3.17. The number of aromatic nitrogens is 1. The van der Waals surface area contributed by atoms with Gasteiger partial charge in [-0.05, 0) is 40.5 Å². The normalized spacial score (nSPS) is 12.1. The lowest BCUT2D eigenvalue weighted by Crippen LogP contribution is -2.37. The Balaban J connectivity index is 1.83. The summed E-state index contributed by atoms with van der Waals surface area (Å²) in [7, 11) is 0. The number of anilines is 3. The minimum atomic E-state index is -0.513. The first-order valence-corrected chi connectivity index (χ1v) is 7.89. The van der Waals surface area contributed by atoms with E-state index in [0.717, 1.165) is 5.56 Å². The van der Waals surface area contributed by atoms with E-state index >= 15 is 0 Å². The fraction of sp³-hybridized carbons (Fsp3) is 0.118. The Morgan fingerprint density at radius 3 is 2.43 bits per heavy atom. The summed E-state index contributed by atoms with van der Waals surface area (Å²) in [5, 5.41) is 6.10. The average Bonchev–Trinajstić information content (AvgIpc) is 2.58. The first-order valence-electron chi connectivity index (χ1n) is 7.09. The largest absolute Gasteiger partial charge is 0.373 e. The van der Waals surface area contributed by atoms with Crippen LogP contribution in [0.15, 0.2) is 62.9 Å². The van der Waals surface area contributed by atoms with Crippen LogP contribution in [0.3, 0.4) is 0 Å². The highest BCUT2D eigenvalue weighted by atomic mass is 79.9. The summed E-state index contributed by atoms with van der Waals surface area (Å²) in [6.45, 7) is 1.94. The second kappa shape index (κ2) is 6.34. The number of hydrogen-bond acceptors (Lipinski definition) is 5. The van der Waals surface area contributed by atoms with Gasteiger partial charge in [0.25, 0.3) is 10.9 Å². The molecule has 3 rings (SSSR count). The molecule has 1 heterocycles. The number of benzene rings is 1. The lowest BCUT2D eigenvalue weighted by molar-refractivity contribution is 0.880. The van der Waals surface area contributed by atoms with Crippen molar-refractivity contribution < 1.29 is 0 Å². The lowest BCUT2D eigenvalue weighted by Gasteiger charge is -2.20. The molecule has 0 aliphatic rings. The van der Waals surface area contributed by atoms with Gasteiger partial charge in [0.15, 0.2) is 0 Å². The molecule has 0 aliphatic heterocycles. The van der Waals surface area contributed by atoms with Crippen LogP contribution in [0.2, 0.25) is 0 Å². The number of hydrogen-bond donors (Lipinski definition) is 2. The zero-order valence-electron chi connectivity index (χ0n) is 12.3. The third-order valence-corrected chi connectivity index (χ3v) is 4.00. The van der Waals surface area contributed by atoms with Crippen molar-refractivity contribution in [2.45, 2.75) is 13.0 Å². The van der Waals surface area contributed by atoms with E-state index in [1.54, 1.807) is 18.3 Å². The number of nitrogens with one attached hydrogen (secondary N) is 2. The summed E-state index contributed by atoms with van der Waals surface area (Å²) in [5.41, 5.74) is 1.33. The predicted octanol–water partition coefficient (Wildman–Crippen LogP) is 3.36. The van der Waals surface area contributed by atoms with Crippen LogP contribution in [0.1, 0.15) is 18.5 Å². The smallest absolute Gasteiger partial charge is 0.253 e. The molecular weight excluding hydrogens is 358 g/mol. The van der Waals surface area contributed by atoms with Gasteiger partial charge < -0.3 is 10.6 Å². The van der Waals surface area contributed by atoms with Gasteiger partial charge in [-0.3, -0.25) is 9.59 Å². The molecule has 2 aromatic carbocycles. The van der Waals surface area contributed by atoms with Gasteiger partial charge >= 0.3 is 0 Å². The molecule has 1 aromatic heterocycles. The number of halogens is 1. The van der Waals surface area contributed by atoms with Gasteiger partial charge in [-0.2, -0.15) is 0 Å². The van der Waals surface area contributed by atoms with E-state index in [1.807, 2.05) is 37.3 Å². The fourth-order valence-electron chi connectivity index (χ4n) is 2.31. The monoisotopic (exact) mass is 371 g/mol. The van der Waals surface area contributed by atoms with E-state index in [0.29, 0.717) is 16.0 Å². The maximum atomic E-state index is 11.9. The molecule has 6 heteroatoms. The summed E-state index contributed by atoms with van der Waals surface area (Å²) in [4.78, 5) is 27.7. The minimum absolute atomic E-state index is 0.0794. The third-order valence-electron chi connectivity index (χ3n) is 3.57. The molecule has 0 radical (unpaired) electrons. The summed E-state index contributed by atoms with van der Waals surface area (Å²) < 4.78 is 0.647. The zero-order valence-corrected chi connectivity index (χ0v) is 13.9. The number of pyridine rings is 1. The Morgan fingerprint density at radius 1 is 1.04 bits per heavy atom. The topological polar surface area (TPSA) is 71.1 Å². The summed E-state index contributed by atoms with van der Waals surface area (Å²) in [5.74, 6) is 0. The molecule has 0 saturated heterocycles. The average molecular weight is 372 g/mol. The van der Waals surface area contributed by atoms with Crippen molar-refractivity contribution in [1.29, 1.82) is 0 Å². The van der Waals surface area contributed by atoms with Gasteiger partial charge in [0.2, 0.25) is 0 Å². The van der Waals surface area contributed by atoms with Crippen LogP contribution in [0.5, 0.6) is 0 Å². The Morgan fingerprint density at radius 2 is 1.74 bits per heavy atom. The fourth-order valence-corrected chi connectivity index (χ4v) is 2.68. The zero-order chi connectivity index (χ0) is 16.4. The van der Waals surface area contributed by atoms with Gasteiger partial charge in [0.05, 0.1) is 0 Å². The molecule has 0 aliphatic carbocycles. The quantitative estimate of drug-likeness (QED) is 0.531. The standard InChI is InChI=1S/C17H14BrN3O2/c1-10(11-5-3-2-4-6-11)20-14-15(17(23)16(14)22)21-12-7-8-19-13(18)9-12/h2-10,20H,1H3,(H,19,21)/t10-/m1/s1. The van der Waals surface area contributed by atoms with Crippen molar-refractivity contribution in [1.82, 2.24) is 4.98 Å². The first kappa shape index (κ1) is 15.4. The molecule has 0 saturated carbocycles. The van der Waals surface area contributed by atoms with Gasteiger partial charge in [0.1, 0.15) is 16.0 Å². The Kier molecular flexibility index (Phi) is 4.25. The number of rotatable bonds is 5. The molecule has 1 atom stereocenters. The molecule has 0 unspecified atom stereocenters. The Bertz CT molecular complexity index is 902. The van der Waals surface area contributed by atoms with E-state index < -0.39 is 10.9 Å². The molecule has 0 amide bonds. The molecule has 5 nitrogen and oxygen atoms in total. The highest BCUT2D eigenvalue weighted by Gasteiger charge is 2.22. The van der Waals surface area contributed by atoms with Crippen molar-refractivity contribution in [2.75, 3.05) is 10.6 Å². The van der Waals surface area contributed by atoms with Crippen molar-refractivity contribution in [3.05, 3.63) is 79.3 Å². The molecule has 0 bridgehead atoms. The van der Waals surface area contributed by atoms with Crippen LogP contribution in [0, 0.1) is 0 Å². The summed E-state index contributed by atoms with van der Waals surface area (Å²) >= 11 is 3.27. The molecule has 116 valence electrons. The lowest BCUT2D eigenvalue weighted by atomic mass is 10.1. The van der Waals surface area contributed by atoms with Crippen LogP contribution in [0.4, 0.5) is 17.1 Å². The van der Waals surface area contributed by atoms with E-state index in [2.05, 4.69) is 31.5 Å². The van der Waals surface area contributed by atoms with Crippen LogP contribution in [-0.2, 0) is 0 Å². The second-order valence-electron chi connectivity index (χ2n) is 5.18. The number of nitrogens with zero attached hydrogens (tertiary/aromatic N) is 1. The van der Waals surface area contributed by atoms with Gasteiger partial charge in [-0.25, -0.2) is 4.98 Å². The second-order valence-corrected chi connectivity index (χ2v) is 5.99. The molecule has 0 spiro atoms. The Hall–Kier alpha value is -2.47. The molecular formula is C17H14BrN3O2. The SMILES string of the molecule is C[C@@H](Nc1c(Nc2ccnc(Br)c2)c(=O)c1=O)c1ccccc1. The first-order chi connectivity index (χ1) is 11.1. The molecule has 0 fully saturated rings. The van der Waals surface area contributed by atoms with Crippen LogP contribution >= 0.6 is 15.9 Å². The van der Waals surface area contributed by atoms with Crippen molar-refractivity contribution in [3.63, 3.8) is 0 Å². The van der Waals surface area contributed by atoms with Crippen LogP contribution in [-0.4, -0.2) is 4.98 Å². The van der Waals surface area contributed by atoms with Crippen LogP contribution in [0.25, 0.3) is 0 Å². The van der Waals surface area contributed by atoms with Gasteiger partial charge in [-0.15, -0.1) is 0 Å². The maximum Gasteiger partial charge on any atom is 0.253 e. The minimum Gasteiger partial charge on any atom is -0.373 e. The molecule has 23 heavy (non-hydrogen) atoms. The van der Waals surface area contributed by atoms with Crippen molar-refractivity contribution in [2.24, 2.45) is 0 Å². The van der Waals surface area contributed by atoms with E-state index in [-0.39, 0.29) is 11.7 Å². The van der Waals surface area contributed by atoms with Gasteiger partial charge in [-0.1, -0.05) is 30.3 Å². The van der Waals surface area contributed by atoms with E-state index in [1.165, 1.54) is 0 Å². The summed E-state index contributed by atoms with van der Waals surface area (Å²) in [6, 6.07) is 13.1. The van der Waals surface area contributed by atoms with E-state index in [9.17, 15) is 9.59 Å². The Labute approximate surface area is 141 Å². The van der Waals surface area contributed by atoms with Crippen LogP contribution < -0.4 is 21.5 Å². The van der Waals surface area contributed by atoms with Gasteiger partial charge in [0, 0.05) is 17.9 Å². The van der Waals surface area contributed by atoms with E-state index in [4.69, 9.17) is 0 Å². The summed E-state index contributed by atoms with van der Waals surface area (Å²) in [6.07, 6.45) is 1.61. The molecule has 3 aromatic rings. The maximum absolute atomic E-state index is 11.9. The van der Waals surface area contributed by atoms with Crippen molar-refractivity contribution in [3.8, 4) is 0 Å². The van der Waals surface area contributed by atoms with Crippen molar-refractivity contribution >= 4 is 33.0 Å². The molecule has 2 N–H and O–H groups in total. The highest BCUT2D eigenvalue weighted by Crippen LogP contribution is 2.25. The predicted molar refractivity (Wildman–Crippen MR) is 95.1 cm³/mol.